The third-order valence-corrected chi connectivity index (χ3v) is 10.4. The second kappa shape index (κ2) is 17.5. The Hall–Kier alpha value is -7.88. The van der Waals surface area contributed by atoms with Gasteiger partial charge in [-0.15, -0.1) is 0 Å². The number of para-hydroxylation sites is 4. The van der Waals surface area contributed by atoms with Crippen LogP contribution in [0.2, 0.25) is 0 Å². The van der Waals surface area contributed by atoms with Crippen LogP contribution in [0.1, 0.15) is 16.7 Å². The van der Waals surface area contributed by atoms with Crippen LogP contribution in [0, 0.1) is 0 Å². The van der Waals surface area contributed by atoms with Gasteiger partial charge in [0.25, 0.3) is 0 Å². The predicted octanol–water partition coefficient (Wildman–Crippen LogP) is 15.7. The lowest BCUT2D eigenvalue weighted by Crippen LogP contribution is -2.13. The minimum absolute atomic E-state index is 1.06. The maximum atomic E-state index is 2.34. The first-order chi connectivity index (χ1) is 29.3. The van der Waals surface area contributed by atoms with Crippen LogP contribution in [0.3, 0.4) is 0 Å². The second-order valence-electron chi connectivity index (χ2n) is 14.3. The first-order valence-corrected chi connectivity index (χ1v) is 20.0. The average molecular weight is 758 g/mol. The summed E-state index contributed by atoms with van der Waals surface area (Å²) in [7, 11) is 0. The molecule has 0 aliphatic rings. The van der Waals surface area contributed by atoms with Crippen molar-refractivity contribution in [3.05, 3.63) is 271 Å². The largest absolute Gasteiger partial charge is 0.311 e. The van der Waals surface area contributed by atoms with E-state index in [1.807, 2.05) is 0 Å². The molecule has 0 aromatic heterocycles. The Balaban J connectivity index is 1.13. The quantitative estimate of drug-likeness (QED) is 0.115. The van der Waals surface area contributed by atoms with Crippen molar-refractivity contribution in [2.45, 2.75) is 0 Å². The van der Waals surface area contributed by atoms with E-state index in [1.165, 1.54) is 11.1 Å². The van der Waals surface area contributed by atoms with Gasteiger partial charge in [0.2, 0.25) is 0 Å². The zero-order valence-corrected chi connectivity index (χ0v) is 32.7. The maximum Gasteiger partial charge on any atom is 0.0463 e. The average Bonchev–Trinajstić information content (AvgIpc) is 3.32. The molecule has 0 amide bonds. The van der Waals surface area contributed by atoms with E-state index in [0.717, 1.165) is 62.3 Å². The molecule has 0 saturated carbocycles. The molecular weight excluding hydrogens is 715 g/mol. The molecule has 3 nitrogen and oxygen atoms in total. The summed E-state index contributed by atoms with van der Waals surface area (Å²) in [5, 5.41) is 0. The van der Waals surface area contributed by atoms with Crippen LogP contribution in [0.15, 0.2) is 255 Å². The molecule has 0 heterocycles. The monoisotopic (exact) mass is 757 g/mol. The Morgan fingerprint density at radius 2 is 0.441 bits per heavy atom. The molecule has 0 unspecified atom stereocenters. The van der Waals surface area contributed by atoms with E-state index in [2.05, 4.69) is 276 Å². The van der Waals surface area contributed by atoms with Crippen molar-refractivity contribution >= 4 is 62.8 Å². The van der Waals surface area contributed by atoms with Gasteiger partial charge in [-0.3, -0.25) is 0 Å². The highest BCUT2D eigenvalue weighted by Gasteiger charge is 2.18. The van der Waals surface area contributed by atoms with Crippen LogP contribution in [0.5, 0.6) is 0 Å². The van der Waals surface area contributed by atoms with Gasteiger partial charge in [0.05, 0.1) is 0 Å². The van der Waals surface area contributed by atoms with Gasteiger partial charge in [-0.2, -0.15) is 0 Å². The van der Waals surface area contributed by atoms with Gasteiger partial charge in [-0.05, 0) is 138 Å². The smallest absolute Gasteiger partial charge is 0.0463 e. The Bertz CT molecular complexity index is 2500. The van der Waals surface area contributed by atoms with Gasteiger partial charge in [-0.25, -0.2) is 0 Å². The van der Waals surface area contributed by atoms with Crippen molar-refractivity contribution in [3.8, 4) is 0 Å². The zero-order chi connectivity index (χ0) is 39.6. The molecule has 9 aromatic carbocycles. The first-order valence-electron chi connectivity index (χ1n) is 20.0. The van der Waals surface area contributed by atoms with E-state index in [-0.39, 0.29) is 0 Å². The van der Waals surface area contributed by atoms with Gasteiger partial charge < -0.3 is 14.7 Å². The molecule has 9 rings (SSSR count). The molecule has 282 valence electrons. The number of nitrogens with zero attached hydrogens (tertiary/aromatic N) is 3. The number of hydrogen-bond donors (Lipinski definition) is 0. The van der Waals surface area contributed by atoms with Crippen LogP contribution in [-0.4, -0.2) is 0 Å². The summed E-state index contributed by atoms with van der Waals surface area (Å²) >= 11 is 0. The van der Waals surface area contributed by atoms with Crippen LogP contribution in [0.25, 0.3) is 11.6 Å². The van der Waals surface area contributed by atoms with Crippen molar-refractivity contribution < 1.29 is 0 Å². The fourth-order valence-corrected chi connectivity index (χ4v) is 7.61. The third-order valence-electron chi connectivity index (χ3n) is 10.4. The van der Waals surface area contributed by atoms with E-state index in [4.69, 9.17) is 0 Å². The predicted molar refractivity (Wildman–Crippen MR) is 250 cm³/mol. The molecule has 0 atom stereocenters. The summed E-state index contributed by atoms with van der Waals surface area (Å²) < 4.78 is 0. The number of hydrogen-bond acceptors (Lipinski definition) is 3. The van der Waals surface area contributed by atoms with Crippen LogP contribution in [-0.2, 0) is 0 Å². The second-order valence-corrected chi connectivity index (χ2v) is 14.3. The molecular formula is C56H43N3. The lowest BCUT2D eigenvalue weighted by molar-refractivity contribution is 1.24. The van der Waals surface area contributed by atoms with Gasteiger partial charge in [0.15, 0.2) is 0 Å². The van der Waals surface area contributed by atoms with Gasteiger partial charge in [0.1, 0.15) is 0 Å². The van der Waals surface area contributed by atoms with Crippen LogP contribution >= 0.6 is 0 Å². The van der Waals surface area contributed by atoms with E-state index >= 15 is 0 Å². The molecule has 3 heteroatoms. The molecule has 0 aliphatic heterocycles. The minimum Gasteiger partial charge on any atom is -0.311 e. The minimum atomic E-state index is 1.06. The van der Waals surface area contributed by atoms with Gasteiger partial charge >= 0.3 is 0 Å². The lowest BCUT2D eigenvalue weighted by Gasteiger charge is -2.29. The summed E-state index contributed by atoms with van der Waals surface area (Å²) in [6, 6.07) is 90.0. The summed E-state index contributed by atoms with van der Waals surface area (Å²) in [4.78, 5) is 6.93. The van der Waals surface area contributed by atoms with Crippen molar-refractivity contribution in [2.24, 2.45) is 0 Å². The number of anilines is 9. The molecule has 0 radical (unpaired) electrons. The highest BCUT2D eigenvalue weighted by molar-refractivity contribution is 5.92. The highest BCUT2D eigenvalue weighted by Crippen LogP contribution is 2.41. The van der Waals surface area contributed by atoms with Crippen molar-refractivity contribution in [3.63, 3.8) is 0 Å². The van der Waals surface area contributed by atoms with Crippen molar-refractivity contribution in [1.29, 1.82) is 0 Å². The van der Waals surface area contributed by atoms with Crippen molar-refractivity contribution in [2.75, 3.05) is 14.7 Å². The Labute approximate surface area is 347 Å². The Morgan fingerprint density at radius 1 is 0.220 bits per heavy atom. The first kappa shape index (κ1) is 36.7. The van der Waals surface area contributed by atoms with E-state index in [9.17, 15) is 0 Å². The molecule has 0 fully saturated rings. The van der Waals surface area contributed by atoms with E-state index in [1.54, 1.807) is 0 Å². The molecule has 0 aliphatic carbocycles. The highest BCUT2D eigenvalue weighted by atomic mass is 15.2. The fraction of sp³-hybridized carbons (Fsp3) is 0. The molecule has 0 bridgehead atoms. The summed E-state index contributed by atoms with van der Waals surface area (Å²) in [5.74, 6) is 0. The third kappa shape index (κ3) is 8.32. The van der Waals surface area contributed by atoms with E-state index in [0.29, 0.717) is 0 Å². The maximum absolute atomic E-state index is 2.34. The van der Waals surface area contributed by atoms with Crippen LogP contribution in [0.4, 0.5) is 51.2 Å². The number of benzene rings is 9. The van der Waals surface area contributed by atoms with Crippen molar-refractivity contribution in [1.82, 2.24) is 0 Å². The Kier molecular flexibility index (Phi) is 10.9. The molecule has 0 spiro atoms. The number of rotatable bonds is 12. The molecule has 0 saturated heterocycles. The summed E-state index contributed by atoms with van der Waals surface area (Å²) in [5.41, 5.74) is 14.4. The Morgan fingerprint density at radius 3 is 0.746 bits per heavy atom. The topological polar surface area (TPSA) is 9.72 Å². The van der Waals surface area contributed by atoms with Gasteiger partial charge in [-0.1, -0.05) is 146 Å². The standard InChI is InChI=1S/C56H43N3/c1-7-19-44(20-8-1)43-56(45-21-9-2-10-22-45)46-31-33-51(34-32-46)59(54-39-35-52(36-40-54)57(47-23-11-3-12-24-47)48-25-13-4-14-26-48)55-41-37-53(38-42-55)58(49-27-15-5-16-28-49)50-29-17-6-18-30-50/h1-43H/b56-43+. The molecule has 59 heavy (non-hydrogen) atoms. The summed E-state index contributed by atoms with van der Waals surface area (Å²) in [6.07, 6.45) is 2.27. The zero-order valence-electron chi connectivity index (χ0n) is 32.7. The SMILES string of the molecule is C(=C(/c1ccccc1)c1ccc(N(c2ccc(N(c3ccccc3)c3ccccc3)cc2)c2ccc(N(c3ccccc3)c3ccccc3)cc2)cc1)/c1ccccc1. The van der Waals surface area contributed by atoms with Crippen LogP contribution < -0.4 is 14.7 Å². The van der Waals surface area contributed by atoms with Gasteiger partial charge in [0, 0.05) is 51.2 Å². The molecule has 0 N–H and O–H groups in total. The normalized spacial score (nSPS) is 11.2. The lowest BCUT2D eigenvalue weighted by atomic mass is 9.95. The summed E-state index contributed by atoms with van der Waals surface area (Å²) in [6.45, 7) is 0. The van der Waals surface area contributed by atoms with E-state index < -0.39 is 0 Å². The fourth-order valence-electron chi connectivity index (χ4n) is 7.61. The molecule has 9 aromatic rings.